The molecule has 0 unspecified atom stereocenters. The van der Waals surface area contributed by atoms with E-state index in [4.69, 9.17) is 20.9 Å². The van der Waals surface area contributed by atoms with Crippen molar-refractivity contribution in [1.29, 1.82) is 0 Å². The first-order valence-corrected chi connectivity index (χ1v) is 8.55. The summed E-state index contributed by atoms with van der Waals surface area (Å²) in [5, 5.41) is 0. The molecule has 2 rings (SSSR count). The van der Waals surface area contributed by atoms with Gasteiger partial charge in [-0.1, -0.05) is 18.2 Å². The van der Waals surface area contributed by atoms with E-state index >= 15 is 0 Å². The Hall–Kier alpha value is -2.36. The summed E-state index contributed by atoms with van der Waals surface area (Å²) in [4.78, 5) is 0. The standard InChI is InChI=1S/C20H28N2O2/c1-15-9-7-12-19(20(15)22)24-14-6-4-3-5-13-23-18-11-8-10-17(21)16(18)2/h7-12H,3-6,13-14,21-22H2,1-2H3. The molecule has 2 aromatic rings. The molecule has 4 heteroatoms. The number of ether oxygens (including phenoxy) is 2. The van der Waals surface area contributed by atoms with E-state index in [2.05, 4.69) is 0 Å². The highest BCUT2D eigenvalue weighted by atomic mass is 16.5. The zero-order valence-corrected chi connectivity index (χ0v) is 14.7. The summed E-state index contributed by atoms with van der Waals surface area (Å²) in [6, 6.07) is 11.7. The summed E-state index contributed by atoms with van der Waals surface area (Å²) < 4.78 is 11.5. The van der Waals surface area contributed by atoms with Gasteiger partial charge in [0, 0.05) is 11.3 Å². The molecule has 130 valence electrons. The predicted molar refractivity (Wildman–Crippen MR) is 101 cm³/mol. The second-order valence-corrected chi connectivity index (χ2v) is 6.07. The molecule has 0 amide bonds. The van der Waals surface area contributed by atoms with Gasteiger partial charge in [0.25, 0.3) is 0 Å². The van der Waals surface area contributed by atoms with Gasteiger partial charge in [-0.05, 0) is 63.3 Å². The maximum Gasteiger partial charge on any atom is 0.142 e. The Morgan fingerprint density at radius 1 is 0.750 bits per heavy atom. The normalized spacial score (nSPS) is 10.6. The number of aryl methyl sites for hydroxylation is 1. The fourth-order valence-corrected chi connectivity index (χ4v) is 2.49. The summed E-state index contributed by atoms with van der Waals surface area (Å²) >= 11 is 0. The molecule has 4 nitrogen and oxygen atoms in total. The summed E-state index contributed by atoms with van der Waals surface area (Å²) in [5.74, 6) is 1.67. The molecule has 2 aromatic carbocycles. The first-order chi connectivity index (χ1) is 11.6. The topological polar surface area (TPSA) is 70.5 Å². The maximum absolute atomic E-state index is 5.99. The van der Waals surface area contributed by atoms with Crippen molar-refractivity contribution >= 4 is 11.4 Å². The van der Waals surface area contributed by atoms with Crippen LogP contribution in [0.1, 0.15) is 36.8 Å². The van der Waals surface area contributed by atoms with Crippen LogP contribution in [0.5, 0.6) is 11.5 Å². The van der Waals surface area contributed by atoms with Crippen LogP contribution in [-0.4, -0.2) is 13.2 Å². The number of hydrogen-bond donors (Lipinski definition) is 2. The second-order valence-electron chi connectivity index (χ2n) is 6.07. The predicted octanol–water partition coefficient (Wildman–Crippen LogP) is 4.49. The molecule has 0 aromatic heterocycles. The van der Waals surface area contributed by atoms with Crippen LogP contribution < -0.4 is 20.9 Å². The Morgan fingerprint density at radius 2 is 1.33 bits per heavy atom. The van der Waals surface area contributed by atoms with Gasteiger partial charge in [-0.2, -0.15) is 0 Å². The zero-order valence-electron chi connectivity index (χ0n) is 14.7. The average Bonchev–Trinajstić information content (AvgIpc) is 2.57. The molecule has 0 radical (unpaired) electrons. The van der Waals surface area contributed by atoms with Crippen molar-refractivity contribution in [2.45, 2.75) is 39.5 Å². The van der Waals surface area contributed by atoms with Crippen LogP contribution in [0.25, 0.3) is 0 Å². The summed E-state index contributed by atoms with van der Waals surface area (Å²) in [6.45, 7) is 5.39. The fraction of sp³-hybridized carbons (Fsp3) is 0.400. The number of anilines is 2. The lowest BCUT2D eigenvalue weighted by Gasteiger charge is -2.11. The van der Waals surface area contributed by atoms with Crippen molar-refractivity contribution in [3.05, 3.63) is 47.5 Å². The van der Waals surface area contributed by atoms with Crippen LogP contribution in [0.2, 0.25) is 0 Å². The highest BCUT2D eigenvalue weighted by Crippen LogP contribution is 2.25. The van der Waals surface area contributed by atoms with E-state index in [9.17, 15) is 0 Å². The summed E-state index contributed by atoms with van der Waals surface area (Å²) in [7, 11) is 0. The fourth-order valence-electron chi connectivity index (χ4n) is 2.49. The van der Waals surface area contributed by atoms with Crippen LogP contribution >= 0.6 is 0 Å². The average molecular weight is 328 g/mol. The molecule has 0 bridgehead atoms. The Balaban J connectivity index is 1.57. The van der Waals surface area contributed by atoms with Gasteiger partial charge in [0.2, 0.25) is 0 Å². The maximum atomic E-state index is 5.99. The van der Waals surface area contributed by atoms with E-state index in [1.54, 1.807) is 0 Å². The van der Waals surface area contributed by atoms with Crippen molar-refractivity contribution < 1.29 is 9.47 Å². The molecule has 0 saturated heterocycles. The Labute approximate surface area is 144 Å². The van der Waals surface area contributed by atoms with Gasteiger partial charge >= 0.3 is 0 Å². The van der Waals surface area contributed by atoms with Gasteiger partial charge in [-0.15, -0.1) is 0 Å². The lowest BCUT2D eigenvalue weighted by atomic mass is 10.2. The van der Waals surface area contributed by atoms with E-state index in [0.717, 1.165) is 66.3 Å². The summed E-state index contributed by atoms with van der Waals surface area (Å²) in [6.07, 6.45) is 4.28. The monoisotopic (exact) mass is 328 g/mol. The van der Waals surface area contributed by atoms with E-state index in [1.165, 1.54) is 0 Å². The molecule has 0 atom stereocenters. The van der Waals surface area contributed by atoms with Crippen molar-refractivity contribution in [3.63, 3.8) is 0 Å². The number of para-hydroxylation sites is 1. The van der Waals surface area contributed by atoms with Crippen molar-refractivity contribution in [2.24, 2.45) is 0 Å². The minimum absolute atomic E-state index is 0.697. The highest BCUT2D eigenvalue weighted by Gasteiger charge is 2.03. The number of rotatable bonds is 9. The smallest absolute Gasteiger partial charge is 0.142 e. The van der Waals surface area contributed by atoms with Crippen molar-refractivity contribution in [1.82, 2.24) is 0 Å². The van der Waals surface area contributed by atoms with Gasteiger partial charge in [-0.25, -0.2) is 0 Å². The zero-order chi connectivity index (χ0) is 17.4. The third-order valence-corrected chi connectivity index (χ3v) is 4.16. The molecule has 4 N–H and O–H groups in total. The number of nitrogen functional groups attached to an aromatic ring is 2. The quantitative estimate of drug-likeness (QED) is 0.526. The van der Waals surface area contributed by atoms with Gasteiger partial charge in [-0.3, -0.25) is 0 Å². The third-order valence-electron chi connectivity index (χ3n) is 4.16. The molecule has 0 spiro atoms. The first kappa shape index (κ1) is 18.0. The lowest BCUT2D eigenvalue weighted by molar-refractivity contribution is 0.287. The molecule has 0 aliphatic carbocycles. The highest BCUT2D eigenvalue weighted by molar-refractivity contribution is 5.57. The number of hydrogen-bond acceptors (Lipinski definition) is 4. The Bertz CT molecular complexity index is 599. The first-order valence-electron chi connectivity index (χ1n) is 8.55. The molecule has 0 heterocycles. The number of nitrogens with two attached hydrogens (primary N) is 2. The molecule has 0 aliphatic rings. The van der Waals surface area contributed by atoms with Crippen molar-refractivity contribution in [2.75, 3.05) is 24.7 Å². The number of benzene rings is 2. The Kier molecular flexibility index (Phi) is 6.79. The van der Waals surface area contributed by atoms with Crippen LogP contribution in [0.15, 0.2) is 36.4 Å². The van der Waals surface area contributed by atoms with E-state index in [1.807, 2.05) is 50.2 Å². The molecule has 0 fully saturated rings. The van der Waals surface area contributed by atoms with E-state index < -0.39 is 0 Å². The van der Waals surface area contributed by atoms with Gasteiger partial charge in [0.05, 0.1) is 18.9 Å². The van der Waals surface area contributed by atoms with E-state index in [-0.39, 0.29) is 0 Å². The van der Waals surface area contributed by atoms with Crippen molar-refractivity contribution in [3.8, 4) is 11.5 Å². The molecule has 0 saturated carbocycles. The van der Waals surface area contributed by atoms with Gasteiger partial charge in [0.15, 0.2) is 0 Å². The second kappa shape index (κ2) is 9.06. The van der Waals surface area contributed by atoms with Crippen LogP contribution in [0, 0.1) is 13.8 Å². The SMILES string of the molecule is Cc1cccc(OCCCCCCOc2cccc(N)c2C)c1N. The lowest BCUT2D eigenvalue weighted by Crippen LogP contribution is -2.03. The third kappa shape index (κ3) is 5.08. The van der Waals surface area contributed by atoms with Gasteiger partial charge in [0.1, 0.15) is 11.5 Å². The minimum atomic E-state index is 0.697. The summed E-state index contributed by atoms with van der Waals surface area (Å²) in [5.41, 5.74) is 15.5. The number of unbranched alkanes of at least 4 members (excludes halogenated alkanes) is 3. The molecular weight excluding hydrogens is 300 g/mol. The minimum Gasteiger partial charge on any atom is -0.493 e. The van der Waals surface area contributed by atoms with Crippen LogP contribution in [-0.2, 0) is 0 Å². The Morgan fingerprint density at radius 3 is 2.04 bits per heavy atom. The largest absolute Gasteiger partial charge is 0.493 e. The van der Waals surface area contributed by atoms with Crippen LogP contribution in [0.3, 0.4) is 0 Å². The van der Waals surface area contributed by atoms with Crippen LogP contribution in [0.4, 0.5) is 11.4 Å². The van der Waals surface area contributed by atoms with Gasteiger partial charge < -0.3 is 20.9 Å². The van der Waals surface area contributed by atoms with E-state index in [0.29, 0.717) is 6.61 Å². The molecular formula is C20H28N2O2. The molecule has 0 aliphatic heterocycles. The molecule has 24 heavy (non-hydrogen) atoms.